The number of aliphatic hydroxyl groups is 1. The number of benzene rings is 3. The van der Waals surface area contributed by atoms with Crippen LogP contribution in [-0.4, -0.2) is 61.5 Å². The maximum atomic E-state index is 13.9. The third-order valence-corrected chi connectivity index (χ3v) is 9.25. The van der Waals surface area contributed by atoms with Crippen LogP contribution < -0.4 is 10.6 Å². The van der Waals surface area contributed by atoms with E-state index in [1.807, 2.05) is 87.5 Å². The zero-order chi connectivity index (χ0) is 29.9. The number of hydrogen-bond donors (Lipinski definition) is 4. The van der Waals surface area contributed by atoms with Gasteiger partial charge in [-0.3, -0.25) is 14.4 Å². The molecule has 9 heteroatoms. The molecule has 5 rings (SSSR count). The van der Waals surface area contributed by atoms with Gasteiger partial charge < -0.3 is 25.6 Å². The van der Waals surface area contributed by atoms with Crippen molar-refractivity contribution in [1.29, 1.82) is 0 Å². The van der Waals surface area contributed by atoms with Crippen LogP contribution in [0.5, 0.6) is 0 Å². The molecule has 0 radical (unpaired) electrons. The van der Waals surface area contributed by atoms with Crippen molar-refractivity contribution < 1.29 is 19.5 Å². The first-order valence-electron chi connectivity index (χ1n) is 14.0. The summed E-state index contributed by atoms with van der Waals surface area (Å²) in [4.78, 5) is 45.5. The number of nitrogens with zero attached hydrogens (tertiary/aromatic N) is 1. The van der Waals surface area contributed by atoms with Crippen LogP contribution in [0.1, 0.15) is 40.9 Å². The van der Waals surface area contributed by atoms with E-state index in [0.29, 0.717) is 12.1 Å². The summed E-state index contributed by atoms with van der Waals surface area (Å²) in [7, 11) is 0. The number of aromatic amines is 1. The minimum atomic E-state index is -1.57. The second kappa shape index (κ2) is 12.4. The van der Waals surface area contributed by atoms with Gasteiger partial charge in [0.2, 0.25) is 5.91 Å². The highest BCUT2D eigenvalue weighted by Gasteiger charge is 2.49. The third kappa shape index (κ3) is 6.22. The zero-order valence-corrected chi connectivity index (χ0v) is 24.8. The Hall–Kier alpha value is -4.08. The monoisotopic (exact) mass is 584 g/mol. The first kappa shape index (κ1) is 29.4. The number of fused-ring (bicyclic) bond motifs is 1. The summed E-state index contributed by atoms with van der Waals surface area (Å²) in [6, 6.07) is 22.7. The molecule has 1 aliphatic rings. The smallest absolute Gasteiger partial charge is 0.254 e. The normalized spacial score (nSPS) is 17.5. The first-order valence-corrected chi connectivity index (χ1v) is 15.0. The Kier molecular flexibility index (Phi) is 8.70. The number of carbonyl (C=O) groups excluding carboxylic acids is 3. The van der Waals surface area contributed by atoms with Gasteiger partial charge in [-0.05, 0) is 62.1 Å². The molecule has 0 saturated carbocycles. The SMILES string of the molecule is Cc1ccccc1CNC(=O)C1N(C(=O)C(O)C(Cc2ccccc2)NC(=O)c2cccc3[nH]ccc23)CSC1(C)C. The van der Waals surface area contributed by atoms with Gasteiger partial charge in [-0.1, -0.05) is 60.7 Å². The molecule has 2 heterocycles. The Morgan fingerprint density at radius 2 is 1.76 bits per heavy atom. The van der Waals surface area contributed by atoms with Crippen LogP contribution >= 0.6 is 11.8 Å². The van der Waals surface area contributed by atoms with E-state index < -0.39 is 34.7 Å². The van der Waals surface area contributed by atoms with Gasteiger partial charge in [0.15, 0.2) is 6.10 Å². The van der Waals surface area contributed by atoms with Crippen molar-refractivity contribution in [3.8, 4) is 0 Å². The van der Waals surface area contributed by atoms with E-state index in [-0.39, 0.29) is 18.2 Å². The largest absolute Gasteiger partial charge is 0.381 e. The van der Waals surface area contributed by atoms with Crippen molar-refractivity contribution in [3.63, 3.8) is 0 Å². The molecule has 3 aromatic carbocycles. The minimum Gasteiger partial charge on any atom is -0.381 e. The summed E-state index contributed by atoms with van der Waals surface area (Å²) in [5.41, 5.74) is 4.18. The van der Waals surface area contributed by atoms with Crippen LogP contribution in [0.25, 0.3) is 10.9 Å². The maximum absolute atomic E-state index is 13.9. The van der Waals surface area contributed by atoms with Crippen molar-refractivity contribution in [1.82, 2.24) is 20.5 Å². The number of aliphatic hydroxyl groups excluding tert-OH is 1. The fourth-order valence-electron chi connectivity index (χ4n) is 5.48. The fourth-order valence-corrected chi connectivity index (χ4v) is 6.62. The van der Waals surface area contributed by atoms with Crippen LogP contribution in [-0.2, 0) is 22.6 Å². The van der Waals surface area contributed by atoms with Gasteiger partial charge >= 0.3 is 0 Å². The summed E-state index contributed by atoms with van der Waals surface area (Å²) < 4.78 is -0.576. The Morgan fingerprint density at radius 1 is 1.02 bits per heavy atom. The number of nitrogens with one attached hydrogen (secondary N) is 3. The lowest BCUT2D eigenvalue weighted by atomic mass is 9.96. The number of hydrogen-bond acceptors (Lipinski definition) is 5. The topological polar surface area (TPSA) is 115 Å². The lowest BCUT2D eigenvalue weighted by Gasteiger charge is -2.33. The average Bonchev–Trinajstić information content (AvgIpc) is 3.59. The molecule has 3 atom stereocenters. The number of aromatic nitrogens is 1. The quantitative estimate of drug-likeness (QED) is 0.236. The summed E-state index contributed by atoms with van der Waals surface area (Å²) >= 11 is 1.49. The summed E-state index contributed by atoms with van der Waals surface area (Å²) in [5, 5.41) is 18.2. The van der Waals surface area contributed by atoms with Crippen molar-refractivity contribution in [3.05, 3.63) is 107 Å². The maximum Gasteiger partial charge on any atom is 0.254 e. The summed E-state index contributed by atoms with van der Waals surface area (Å²) in [6.07, 6.45) is 0.427. The summed E-state index contributed by atoms with van der Waals surface area (Å²) in [6.45, 7) is 6.18. The highest BCUT2D eigenvalue weighted by molar-refractivity contribution is 8.00. The molecule has 0 aliphatic carbocycles. The minimum absolute atomic E-state index is 0.233. The molecule has 218 valence electrons. The van der Waals surface area contributed by atoms with Crippen molar-refractivity contribution >= 4 is 40.4 Å². The lowest BCUT2D eigenvalue weighted by molar-refractivity contribution is -0.147. The average molecular weight is 585 g/mol. The Morgan fingerprint density at radius 3 is 2.52 bits per heavy atom. The van der Waals surface area contributed by atoms with E-state index in [9.17, 15) is 19.5 Å². The summed E-state index contributed by atoms with van der Waals surface area (Å²) in [5.74, 6) is -1.02. The Balaban J connectivity index is 1.37. The Bertz CT molecular complexity index is 1590. The predicted octanol–water partition coefficient (Wildman–Crippen LogP) is 4.17. The van der Waals surface area contributed by atoms with Gasteiger partial charge in [0.1, 0.15) is 6.04 Å². The molecule has 4 N–H and O–H groups in total. The molecule has 1 fully saturated rings. The van der Waals surface area contributed by atoms with Gasteiger partial charge in [-0.2, -0.15) is 0 Å². The standard InChI is InChI=1S/C33H36N4O4S/c1-21-10-7-8-13-23(21)19-35-31(40)29-33(2,3)42-20-37(29)32(41)28(38)27(18-22-11-5-4-6-12-22)36-30(39)25-14-9-15-26-24(25)16-17-34-26/h4-17,27-29,34,38H,18-20H2,1-3H3,(H,35,40)(H,36,39). The van der Waals surface area contributed by atoms with E-state index in [1.165, 1.54) is 16.7 Å². The first-order chi connectivity index (χ1) is 20.2. The highest BCUT2D eigenvalue weighted by Crippen LogP contribution is 2.40. The number of carbonyl (C=O) groups is 3. The molecule has 0 spiro atoms. The van der Waals surface area contributed by atoms with E-state index in [2.05, 4.69) is 15.6 Å². The molecule has 1 aliphatic heterocycles. The fraction of sp³-hybridized carbons (Fsp3) is 0.303. The molecule has 4 aromatic rings. The van der Waals surface area contributed by atoms with Crippen LogP contribution in [0.2, 0.25) is 0 Å². The van der Waals surface area contributed by atoms with Gasteiger partial charge in [0, 0.05) is 34.0 Å². The van der Waals surface area contributed by atoms with E-state index in [1.54, 1.807) is 18.3 Å². The predicted molar refractivity (Wildman–Crippen MR) is 166 cm³/mol. The van der Waals surface area contributed by atoms with Crippen LogP contribution in [0.15, 0.2) is 85.1 Å². The van der Waals surface area contributed by atoms with Gasteiger partial charge in [0.05, 0.1) is 11.9 Å². The van der Waals surface area contributed by atoms with Crippen LogP contribution in [0.4, 0.5) is 0 Å². The van der Waals surface area contributed by atoms with Crippen LogP contribution in [0.3, 0.4) is 0 Å². The molecule has 1 aromatic heterocycles. The van der Waals surface area contributed by atoms with Gasteiger partial charge in [0.25, 0.3) is 11.8 Å². The lowest BCUT2D eigenvalue weighted by Crippen LogP contribution is -2.58. The molecular formula is C33H36N4O4S. The molecule has 0 bridgehead atoms. The van der Waals surface area contributed by atoms with Gasteiger partial charge in [-0.25, -0.2) is 0 Å². The van der Waals surface area contributed by atoms with Crippen molar-refractivity contribution in [2.75, 3.05) is 5.88 Å². The van der Waals surface area contributed by atoms with Crippen molar-refractivity contribution in [2.45, 2.75) is 56.7 Å². The van der Waals surface area contributed by atoms with Gasteiger partial charge in [-0.15, -0.1) is 11.8 Å². The second-order valence-electron chi connectivity index (χ2n) is 11.2. The molecule has 3 unspecified atom stereocenters. The third-order valence-electron chi connectivity index (χ3n) is 7.88. The van der Waals surface area contributed by atoms with Crippen LogP contribution in [0, 0.1) is 6.92 Å². The van der Waals surface area contributed by atoms with E-state index >= 15 is 0 Å². The second-order valence-corrected chi connectivity index (χ2v) is 12.8. The molecular weight excluding hydrogens is 548 g/mol. The number of amides is 3. The van der Waals surface area contributed by atoms with E-state index in [4.69, 9.17) is 0 Å². The molecule has 42 heavy (non-hydrogen) atoms. The molecule has 1 saturated heterocycles. The molecule has 8 nitrogen and oxygen atoms in total. The zero-order valence-electron chi connectivity index (χ0n) is 24.0. The number of rotatable bonds is 9. The Labute approximate surface area is 249 Å². The highest BCUT2D eigenvalue weighted by atomic mass is 32.2. The number of H-pyrrole nitrogens is 1. The number of aryl methyl sites for hydroxylation is 1. The van der Waals surface area contributed by atoms with E-state index in [0.717, 1.165) is 27.6 Å². The van der Waals surface area contributed by atoms with Crippen molar-refractivity contribution in [2.24, 2.45) is 0 Å². The molecule has 3 amide bonds. The number of thioether (sulfide) groups is 1.